The van der Waals surface area contributed by atoms with Crippen LogP contribution < -0.4 is 16.0 Å². The van der Waals surface area contributed by atoms with Crippen molar-refractivity contribution in [3.05, 3.63) is 63.5 Å². The van der Waals surface area contributed by atoms with E-state index in [4.69, 9.17) is 0 Å². The molecule has 2 aromatic rings. The van der Waals surface area contributed by atoms with Gasteiger partial charge in [0.2, 0.25) is 0 Å². The molecule has 0 fully saturated rings. The minimum absolute atomic E-state index is 0.0310. The van der Waals surface area contributed by atoms with E-state index in [9.17, 15) is 29.4 Å². The number of carboxylic acid groups (broad SMARTS) is 2. The molecule has 5 N–H and O–H groups in total. The Hall–Kier alpha value is -3.22. The van der Waals surface area contributed by atoms with Crippen molar-refractivity contribution in [2.24, 2.45) is 0 Å². The zero-order chi connectivity index (χ0) is 24.2. The van der Waals surface area contributed by atoms with Gasteiger partial charge in [-0.15, -0.1) is 0 Å². The first kappa shape index (κ1) is 26.0. The fraction of sp³-hybridized carbons (Fsp3) is 0.318. The number of carbonyl (C=O) groups excluding carboxylic acids is 2. The Morgan fingerprint density at radius 2 is 1.48 bits per heavy atom. The van der Waals surface area contributed by atoms with Crippen molar-refractivity contribution >= 4 is 46.5 Å². The molecule has 0 radical (unpaired) electrons. The Labute approximate surface area is 204 Å². The first-order chi connectivity index (χ1) is 15.8. The summed E-state index contributed by atoms with van der Waals surface area (Å²) in [5.74, 6) is -2.68. The second-order valence-electron chi connectivity index (χ2n) is 7.22. The maximum absolute atomic E-state index is 12.2. The number of hydrogen-bond donors (Lipinski definition) is 5. The number of carbonyl (C=O) groups is 4. The number of aliphatic carboxylic acids is 2. The van der Waals surface area contributed by atoms with E-state index in [0.29, 0.717) is 30.5 Å². The quantitative estimate of drug-likeness (QED) is 0.194. The molecule has 33 heavy (non-hydrogen) atoms. The SMILES string of the molecule is O=C(N[C@@H](CCCCNC(=O)c1ccc(I)cc1)C(=O)O)N[C@@H](Cc1ccncc1)C(=O)O. The molecule has 11 heteroatoms. The second kappa shape index (κ2) is 13.4. The van der Waals surface area contributed by atoms with Crippen LogP contribution in [-0.2, 0) is 16.0 Å². The zero-order valence-electron chi connectivity index (χ0n) is 17.7. The third-order valence-corrected chi connectivity index (χ3v) is 5.43. The summed E-state index contributed by atoms with van der Waals surface area (Å²) in [7, 11) is 0. The summed E-state index contributed by atoms with van der Waals surface area (Å²) < 4.78 is 1.02. The number of nitrogens with one attached hydrogen (secondary N) is 3. The van der Waals surface area contributed by atoms with Gasteiger partial charge in [0.25, 0.3) is 5.91 Å². The number of nitrogens with zero attached hydrogens (tertiary/aromatic N) is 1. The fourth-order valence-electron chi connectivity index (χ4n) is 2.95. The third-order valence-electron chi connectivity index (χ3n) is 4.71. The predicted molar refractivity (Wildman–Crippen MR) is 128 cm³/mol. The van der Waals surface area contributed by atoms with E-state index in [0.717, 1.165) is 3.57 Å². The summed E-state index contributed by atoms with van der Waals surface area (Å²) in [6, 6.07) is 7.07. The molecule has 2 atom stereocenters. The van der Waals surface area contributed by atoms with Crippen LogP contribution in [0.1, 0.15) is 35.2 Å². The van der Waals surface area contributed by atoms with Gasteiger partial charge in [-0.05, 0) is 83.8 Å². The lowest BCUT2D eigenvalue weighted by atomic mass is 10.1. The van der Waals surface area contributed by atoms with E-state index < -0.39 is 30.1 Å². The van der Waals surface area contributed by atoms with Crippen LogP contribution in [0.25, 0.3) is 0 Å². The molecule has 2 rings (SSSR count). The molecule has 0 saturated heterocycles. The highest BCUT2D eigenvalue weighted by Gasteiger charge is 2.24. The maximum Gasteiger partial charge on any atom is 0.326 e. The van der Waals surface area contributed by atoms with E-state index in [-0.39, 0.29) is 18.7 Å². The first-order valence-corrected chi connectivity index (χ1v) is 11.3. The number of carboxylic acids is 2. The third kappa shape index (κ3) is 9.43. The number of halogens is 1. The van der Waals surface area contributed by atoms with E-state index in [1.165, 1.54) is 12.4 Å². The van der Waals surface area contributed by atoms with Crippen molar-refractivity contribution in [3.8, 4) is 0 Å². The molecular weight excluding hydrogens is 543 g/mol. The van der Waals surface area contributed by atoms with Gasteiger partial charge in [0.1, 0.15) is 12.1 Å². The molecule has 0 aliphatic heterocycles. The molecular formula is C22H25IN4O6. The van der Waals surface area contributed by atoms with Gasteiger partial charge in [-0.1, -0.05) is 0 Å². The van der Waals surface area contributed by atoms with Gasteiger partial charge in [0.15, 0.2) is 0 Å². The van der Waals surface area contributed by atoms with Crippen LogP contribution in [0.4, 0.5) is 4.79 Å². The van der Waals surface area contributed by atoms with E-state index in [1.54, 1.807) is 24.3 Å². The molecule has 10 nitrogen and oxygen atoms in total. The number of urea groups is 1. The fourth-order valence-corrected chi connectivity index (χ4v) is 3.31. The minimum atomic E-state index is -1.24. The molecule has 0 bridgehead atoms. The lowest BCUT2D eigenvalue weighted by molar-refractivity contribution is -0.139. The van der Waals surface area contributed by atoms with Crippen molar-refractivity contribution < 1.29 is 29.4 Å². The van der Waals surface area contributed by atoms with Gasteiger partial charge in [-0.3, -0.25) is 9.78 Å². The average molecular weight is 568 g/mol. The predicted octanol–water partition coefficient (Wildman–Crippen LogP) is 2.03. The maximum atomic E-state index is 12.2. The monoisotopic (exact) mass is 568 g/mol. The number of unbranched alkanes of at least 4 members (excludes halogenated alkanes) is 1. The molecule has 0 unspecified atom stereocenters. The van der Waals surface area contributed by atoms with Crippen LogP contribution in [0.15, 0.2) is 48.8 Å². The summed E-state index contributed by atoms with van der Waals surface area (Å²) in [5.41, 5.74) is 1.21. The molecule has 1 heterocycles. The number of aromatic nitrogens is 1. The van der Waals surface area contributed by atoms with Crippen LogP contribution in [0.3, 0.4) is 0 Å². The van der Waals surface area contributed by atoms with Crippen LogP contribution in [-0.4, -0.2) is 57.7 Å². The molecule has 3 amide bonds. The summed E-state index contributed by atoms with van der Waals surface area (Å²) in [4.78, 5) is 51.1. The summed E-state index contributed by atoms with van der Waals surface area (Å²) in [6.07, 6.45) is 4.13. The summed E-state index contributed by atoms with van der Waals surface area (Å²) in [5, 5.41) is 26.1. The lowest BCUT2D eigenvalue weighted by Gasteiger charge is -2.18. The molecule has 1 aromatic carbocycles. The topological polar surface area (TPSA) is 158 Å². The van der Waals surface area contributed by atoms with Crippen molar-refractivity contribution in [1.29, 1.82) is 0 Å². The Balaban J connectivity index is 1.76. The van der Waals surface area contributed by atoms with Gasteiger partial charge < -0.3 is 26.2 Å². The number of hydrogen-bond acceptors (Lipinski definition) is 5. The van der Waals surface area contributed by atoms with E-state index in [1.807, 2.05) is 12.1 Å². The summed E-state index contributed by atoms with van der Waals surface area (Å²) in [6.45, 7) is 0.358. The number of amides is 3. The van der Waals surface area contributed by atoms with Crippen molar-refractivity contribution in [2.45, 2.75) is 37.8 Å². The largest absolute Gasteiger partial charge is 0.480 e. The summed E-state index contributed by atoms with van der Waals surface area (Å²) >= 11 is 2.15. The average Bonchev–Trinajstić information content (AvgIpc) is 2.78. The minimum Gasteiger partial charge on any atom is -0.480 e. The smallest absolute Gasteiger partial charge is 0.326 e. The van der Waals surface area contributed by atoms with Gasteiger partial charge in [-0.2, -0.15) is 0 Å². The van der Waals surface area contributed by atoms with Crippen molar-refractivity contribution in [2.75, 3.05) is 6.54 Å². The van der Waals surface area contributed by atoms with E-state index >= 15 is 0 Å². The van der Waals surface area contributed by atoms with Gasteiger partial charge in [-0.25, -0.2) is 14.4 Å². The van der Waals surface area contributed by atoms with Crippen LogP contribution in [0.5, 0.6) is 0 Å². The standard InChI is InChI=1S/C22H25IN4O6/c23-16-6-4-15(5-7-16)19(28)25-10-2-1-3-17(20(29)30)26-22(33)27-18(21(31)32)13-14-8-11-24-12-9-14/h4-9,11-12,17-18H,1-3,10,13H2,(H,25,28)(H,29,30)(H,31,32)(H2,26,27,33)/t17-,18-/m0/s1. The van der Waals surface area contributed by atoms with Gasteiger partial charge >= 0.3 is 18.0 Å². The first-order valence-electron chi connectivity index (χ1n) is 10.2. The Bertz CT molecular complexity index is 955. The van der Waals surface area contributed by atoms with Crippen LogP contribution in [0.2, 0.25) is 0 Å². The zero-order valence-corrected chi connectivity index (χ0v) is 19.8. The lowest BCUT2D eigenvalue weighted by Crippen LogP contribution is -2.51. The Morgan fingerprint density at radius 1 is 0.879 bits per heavy atom. The number of rotatable bonds is 12. The van der Waals surface area contributed by atoms with Crippen molar-refractivity contribution in [1.82, 2.24) is 20.9 Å². The molecule has 1 aromatic heterocycles. The highest BCUT2D eigenvalue weighted by molar-refractivity contribution is 14.1. The molecule has 0 spiro atoms. The molecule has 0 aliphatic rings. The Kier molecular flexibility index (Phi) is 10.5. The molecule has 0 aliphatic carbocycles. The van der Waals surface area contributed by atoms with Gasteiger partial charge in [0, 0.05) is 34.5 Å². The second-order valence-corrected chi connectivity index (χ2v) is 8.46. The highest BCUT2D eigenvalue weighted by atomic mass is 127. The highest BCUT2D eigenvalue weighted by Crippen LogP contribution is 2.07. The van der Waals surface area contributed by atoms with E-state index in [2.05, 4.69) is 43.5 Å². The number of pyridine rings is 1. The van der Waals surface area contributed by atoms with Crippen LogP contribution >= 0.6 is 22.6 Å². The number of benzene rings is 1. The van der Waals surface area contributed by atoms with Crippen molar-refractivity contribution in [3.63, 3.8) is 0 Å². The molecule has 176 valence electrons. The Morgan fingerprint density at radius 3 is 2.09 bits per heavy atom. The molecule has 0 saturated carbocycles. The normalized spacial score (nSPS) is 12.3. The van der Waals surface area contributed by atoms with Gasteiger partial charge in [0.05, 0.1) is 0 Å². The van der Waals surface area contributed by atoms with Crippen LogP contribution in [0, 0.1) is 3.57 Å².